The second-order valence-electron chi connectivity index (χ2n) is 7.42. The number of rotatable bonds is 7. The summed E-state index contributed by atoms with van der Waals surface area (Å²) in [6.45, 7) is 2.37. The predicted octanol–water partition coefficient (Wildman–Crippen LogP) is 3.00. The SMILES string of the molecule is COc1cc(NC(=O)N2CCN(c3cc(Nc4ccccn4)ncn3)CC2)cc(OC)c1OC. The lowest BCUT2D eigenvalue weighted by molar-refractivity contribution is 0.208. The molecule has 2 N–H and O–H groups in total. The van der Waals surface area contributed by atoms with Crippen molar-refractivity contribution in [1.82, 2.24) is 19.9 Å². The topological polar surface area (TPSA) is 114 Å². The molecule has 178 valence electrons. The maximum atomic E-state index is 12.9. The smallest absolute Gasteiger partial charge is 0.321 e. The summed E-state index contributed by atoms with van der Waals surface area (Å²) in [5.74, 6) is 3.57. The highest BCUT2D eigenvalue weighted by molar-refractivity contribution is 5.90. The summed E-state index contributed by atoms with van der Waals surface area (Å²) in [7, 11) is 4.60. The van der Waals surface area contributed by atoms with E-state index in [0.29, 0.717) is 60.8 Å². The van der Waals surface area contributed by atoms with Crippen molar-refractivity contribution in [3.8, 4) is 17.2 Å². The van der Waals surface area contributed by atoms with Crippen molar-refractivity contribution in [2.75, 3.05) is 63.0 Å². The van der Waals surface area contributed by atoms with Crippen LogP contribution < -0.4 is 29.7 Å². The molecule has 0 saturated carbocycles. The van der Waals surface area contributed by atoms with Crippen LogP contribution in [0.4, 0.5) is 27.9 Å². The molecular weight excluding hydrogens is 438 g/mol. The summed E-state index contributed by atoms with van der Waals surface area (Å²) in [4.78, 5) is 29.7. The van der Waals surface area contributed by atoms with Gasteiger partial charge in [0.05, 0.1) is 27.0 Å². The highest BCUT2D eigenvalue weighted by atomic mass is 16.5. The molecule has 3 aromatic rings. The first-order valence-electron chi connectivity index (χ1n) is 10.7. The van der Waals surface area contributed by atoms with Crippen LogP contribution in [0.25, 0.3) is 0 Å². The van der Waals surface area contributed by atoms with Crippen LogP contribution in [0.15, 0.2) is 48.9 Å². The Kier molecular flexibility index (Phi) is 7.11. The Balaban J connectivity index is 1.37. The lowest BCUT2D eigenvalue weighted by Crippen LogP contribution is -2.50. The molecule has 3 heterocycles. The molecule has 11 heteroatoms. The Morgan fingerprint density at radius 1 is 0.882 bits per heavy atom. The first-order valence-corrected chi connectivity index (χ1v) is 10.7. The van der Waals surface area contributed by atoms with Gasteiger partial charge >= 0.3 is 6.03 Å². The Morgan fingerprint density at radius 2 is 1.62 bits per heavy atom. The van der Waals surface area contributed by atoms with Crippen LogP contribution in [0.1, 0.15) is 0 Å². The van der Waals surface area contributed by atoms with Crippen LogP contribution in [-0.2, 0) is 0 Å². The van der Waals surface area contributed by atoms with E-state index in [1.807, 2.05) is 24.3 Å². The number of anilines is 4. The number of hydrogen-bond acceptors (Lipinski definition) is 9. The summed E-state index contributed by atoms with van der Waals surface area (Å²) >= 11 is 0. The summed E-state index contributed by atoms with van der Waals surface area (Å²) in [6.07, 6.45) is 3.23. The van der Waals surface area contributed by atoms with E-state index in [4.69, 9.17) is 14.2 Å². The van der Waals surface area contributed by atoms with E-state index in [2.05, 4.69) is 30.5 Å². The van der Waals surface area contributed by atoms with Gasteiger partial charge in [0.1, 0.15) is 23.8 Å². The van der Waals surface area contributed by atoms with Crippen molar-refractivity contribution in [3.05, 3.63) is 48.9 Å². The van der Waals surface area contributed by atoms with Gasteiger partial charge in [0.15, 0.2) is 11.5 Å². The van der Waals surface area contributed by atoms with Gasteiger partial charge in [-0.15, -0.1) is 0 Å². The molecule has 0 unspecified atom stereocenters. The number of amides is 2. The van der Waals surface area contributed by atoms with Gasteiger partial charge in [-0.2, -0.15) is 0 Å². The number of carbonyl (C=O) groups excluding carboxylic acids is 1. The molecule has 1 saturated heterocycles. The van der Waals surface area contributed by atoms with Crippen molar-refractivity contribution < 1.29 is 19.0 Å². The zero-order chi connectivity index (χ0) is 23.9. The number of nitrogens with zero attached hydrogens (tertiary/aromatic N) is 5. The Hall–Kier alpha value is -4.28. The molecule has 0 atom stereocenters. The Bertz CT molecular complexity index is 1100. The number of pyridine rings is 1. The number of aromatic nitrogens is 3. The molecule has 1 aromatic carbocycles. The van der Waals surface area contributed by atoms with E-state index in [-0.39, 0.29) is 6.03 Å². The van der Waals surface area contributed by atoms with Gasteiger partial charge in [-0.1, -0.05) is 6.07 Å². The molecule has 11 nitrogen and oxygen atoms in total. The fourth-order valence-electron chi connectivity index (χ4n) is 3.65. The van der Waals surface area contributed by atoms with Crippen LogP contribution in [0, 0.1) is 0 Å². The molecule has 2 amide bonds. The van der Waals surface area contributed by atoms with Crippen molar-refractivity contribution in [2.45, 2.75) is 0 Å². The first kappa shape index (κ1) is 22.9. The molecule has 4 rings (SSSR count). The summed E-state index contributed by atoms with van der Waals surface area (Å²) in [5.41, 5.74) is 0.558. The van der Waals surface area contributed by atoms with E-state index >= 15 is 0 Å². The van der Waals surface area contributed by atoms with Crippen LogP contribution >= 0.6 is 0 Å². The third-order valence-electron chi connectivity index (χ3n) is 5.38. The molecule has 0 bridgehead atoms. The molecule has 1 aliphatic heterocycles. The second kappa shape index (κ2) is 10.6. The third-order valence-corrected chi connectivity index (χ3v) is 5.38. The zero-order valence-electron chi connectivity index (χ0n) is 19.3. The van der Waals surface area contributed by atoms with Gasteiger partial charge in [0, 0.05) is 50.6 Å². The van der Waals surface area contributed by atoms with Crippen molar-refractivity contribution in [3.63, 3.8) is 0 Å². The van der Waals surface area contributed by atoms with Crippen molar-refractivity contribution in [1.29, 1.82) is 0 Å². The minimum absolute atomic E-state index is 0.200. The number of piperazine rings is 1. The highest BCUT2D eigenvalue weighted by Gasteiger charge is 2.23. The third kappa shape index (κ3) is 5.20. The van der Waals surface area contributed by atoms with E-state index in [1.165, 1.54) is 27.7 Å². The number of urea groups is 1. The molecule has 0 aliphatic carbocycles. The predicted molar refractivity (Wildman–Crippen MR) is 128 cm³/mol. The standard InChI is InChI=1S/C23H27N7O4/c1-32-17-12-16(13-18(33-2)22(17)34-3)27-23(31)30-10-8-29(9-11-30)21-14-20(25-15-26-21)28-19-6-4-5-7-24-19/h4-7,12-15H,8-11H2,1-3H3,(H,27,31)(H,24,25,26,28). The highest BCUT2D eigenvalue weighted by Crippen LogP contribution is 2.40. The van der Waals surface area contributed by atoms with E-state index in [1.54, 1.807) is 23.2 Å². The van der Waals surface area contributed by atoms with Crippen LogP contribution in [0.2, 0.25) is 0 Å². The number of carbonyl (C=O) groups is 1. The second-order valence-corrected chi connectivity index (χ2v) is 7.42. The number of nitrogens with one attached hydrogen (secondary N) is 2. The minimum atomic E-state index is -0.200. The average Bonchev–Trinajstić information content (AvgIpc) is 2.89. The van der Waals surface area contributed by atoms with E-state index < -0.39 is 0 Å². The molecule has 1 aliphatic rings. The maximum absolute atomic E-state index is 12.9. The van der Waals surface area contributed by atoms with Crippen molar-refractivity contribution >= 4 is 29.2 Å². The molecule has 0 spiro atoms. The quantitative estimate of drug-likeness (QED) is 0.543. The lowest BCUT2D eigenvalue weighted by atomic mass is 10.2. The van der Waals surface area contributed by atoms with Gasteiger partial charge < -0.3 is 34.6 Å². The minimum Gasteiger partial charge on any atom is -0.493 e. The fourth-order valence-corrected chi connectivity index (χ4v) is 3.65. The molecule has 34 heavy (non-hydrogen) atoms. The maximum Gasteiger partial charge on any atom is 0.321 e. The van der Waals surface area contributed by atoms with Crippen LogP contribution in [0.5, 0.6) is 17.2 Å². The van der Waals surface area contributed by atoms with Crippen molar-refractivity contribution in [2.24, 2.45) is 0 Å². The lowest BCUT2D eigenvalue weighted by Gasteiger charge is -2.35. The van der Waals surface area contributed by atoms with Gasteiger partial charge in [-0.25, -0.2) is 19.7 Å². The largest absolute Gasteiger partial charge is 0.493 e. The molecule has 1 fully saturated rings. The van der Waals surface area contributed by atoms with Gasteiger partial charge in [-0.3, -0.25) is 0 Å². The monoisotopic (exact) mass is 465 g/mol. The Morgan fingerprint density at radius 3 is 2.24 bits per heavy atom. The average molecular weight is 466 g/mol. The fraction of sp³-hybridized carbons (Fsp3) is 0.304. The van der Waals surface area contributed by atoms with Gasteiger partial charge in [0.2, 0.25) is 5.75 Å². The summed E-state index contributed by atoms with van der Waals surface area (Å²) in [6, 6.07) is 10.7. The number of methoxy groups -OCH3 is 3. The normalized spacial score (nSPS) is 13.3. The molecule has 0 radical (unpaired) electrons. The number of hydrogen-bond donors (Lipinski definition) is 2. The first-order chi connectivity index (χ1) is 16.6. The Labute approximate surface area is 197 Å². The van der Waals surface area contributed by atoms with Crippen LogP contribution in [-0.4, -0.2) is 73.4 Å². The van der Waals surface area contributed by atoms with Gasteiger partial charge in [0.25, 0.3) is 0 Å². The summed E-state index contributed by atoms with van der Waals surface area (Å²) in [5, 5.41) is 6.09. The summed E-state index contributed by atoms with van der Waals surface area (Å²) < 4.78 is 16.1. The number of benzene rings is 1. The molecule has 2 aromatic heterocycles. The van der Waals surface area contributed by atoms with Gasteiger partial charge in [-0.05, 0) is 12.1 Å². The molecular formula is C23H27N7O4. The van der Waals surface area contributed by atoms with E-state index in [0.717, 1.165) is 5.82 Å². The zero-order valence-corrected chi connectivity index (χ0v) is 19.3. The van der Waals surface area contributed by atoms with E-state index in [9.17, 15) is 4.79 Å². The number of ether oxygens (including phenoxy) is 3. The van der Waals surface area contributed by atoms with Crippen LogP contribution in [0.3, 0.4) is 0 Å².